The number of oxazole rings is 1. The van der Waals surface area contributed by atoms with Gasteiger partial charge in [-0.1, -0.05) is 74.0 Å². The molecule has 0 bridgehead atoms. The zero-order valence-corrected chi connectivity index (χ0v) is 26.7. The first-order chi connectivity index (χ1) is 20.0. The average Bonchev–Trinajstić information content (AvgIpc) is 3.61. The predicted octanol–water partition coefficient (Wildman–Crippen LogP) is 9.87. The molecule has 4 aromatic carbocycles. The van der Waals surface area contributed by atoms with Gasteiger partial charge >= 0.3 is 0 Å². The zero-order chi connectivity index (χ0) is 30.3. The smallest absolute Gasteiger partial charge is 0.192 e. The maximum absolute atomic E-state index is 5.26. The highest BCUT2D eigenvalue weighted by molar-refractivity contribution is 7.18. The zero-order valence-electron chi connectivity index (χ0n) is 25.8. The monoisotopic (exact) mass is 576 g/mol. The number of fused-ring (bicyclic) bond motifs is 3. The molecule has 6 aromatic rings. The molecule has 0 fully saturated rings. The Morgan fingerprint density at radius 2 is 1.31 bits per heavy atom. The summed E-state index contributed by atoms with van der Waals surface area (Å²) in [6.07, 6.45) is 0. The molecule has 0 N–H and O–H groups in total. The van der Waals surface area contributed by atoms with Crippen molar-refractivity contribution in [3.63, 3.8) is 0 Å². The molecule has 0 atom stereocenters. The van der Waals surface area contributed by atoms with Gasteiger partial charge in [0.15, 0.2) is 11.5 Å². The first-order valence-electron chi connectivity index (χ1n) is 14.1. The van der Waals surface area contributed by atoms with E-state index in [2.05, 4.69) is 96.1 Å². The van der Waals surface area contributed by atoms with Crippen LogP contribution in [0.15, 0.2) is 106 Å². The number of thiazole rings is 1. The summed E-state index contributed by atoms with van der Waals surface area (Å²) in [5.74, 6) is 0.723. The number of aromatic nitrogens is 2. The Labute approximate surface area is 253 Å². The van der Waals surface area contributed by atoms with E-state index in [1.54, 1.807) is 11.3 Å². The van der Waals surface area contributed by atoms with E-state index in [4.69, 9.17) is 4.42 Å². The van der Waals surface area contributed by atoms with E-state index in [1.165, 1.54) is 27.2 Å². The minimum absolute atomic E-state index is 0.136. The number of para-hydroxylation sites is 4. The van der Waals surface area contributed by atoms with Crippen molar-refractivity contribution in [1.82, 2.24) is 9.97 Å². The molecule has 1 aliphatic heterocycles. The van der Waals surface area contributed by atoms with Gasteiger partial charge in [-0.05, 0) is 68.8 Å². The minimum atomic E-state index is 0.136. The number of benzene rings is 4. The number of hydrogen-bond acceptors (Lipinski definition) is 6. The lowest BCUT2D eigenvalue weighted by Crippen LogP contribution is -2.22. The van der Waals surface area contributed by atoms with Crippen molar-refractivity contribution < 1.29 is 4.42 Å². The fraction of sp³-hybridized carbons (Fsp3) is 0.250. The van der Waals surface area contributed by atoms with E-state index in [-0.39, 0.29) is 5.41 Å². The van der Waals surface area contributed by atoms with Gasteiger partial charge in [-0.15, -0.1) is 11.3 Å². The van der Waals surface area contributed by atoms with Crippen molar-refractivity contribution in [3.05, 3.63) is 119 Å². The second-order valence-corrected chi connectivity index (χ2v) is 12.2. The molecule has 0 unspecified atom stereocenters. The summed E-state index contributed by atoms with van der Waals surface area (Å²) in [6.45, 7) is 12.5. The number of nitrogens with zero attached hydrogens (tertiary/aromatic N) is 4. The maximum atomic E-state index is 5.26. The van der Waals surface area contributed by atoms with Gasteiger partial charge in [-0.2, -0.15) is 0 Å². The van der Waals surface area contributed by atoms with Crippen LogP contribution in [0.2, 0.25) is 0 Å². The van der Waals surface area contributed by atoms with Crippen LogP contribution in [0.5, 0.6) is 0 Å². The molecule has 3 heterocycles. The predicted molar refractivity (Wildman–Crippen MR) is 181 cm³/mol. The summed E-state index contributed by atoms with van der Waals surface area (Å²) in [4.78, 5) is 15.1. The van der Waals surface area contributed by atoms with Crippen LogP contribution in [0, 0.1) is 20.8 Å². The first kappa shape index (κ1) is 30.7. The largest absolute Gasteiger partial charge is 0.441 e. The third-order valence-corrected chi connectivity index (χ3v) is 8.07. The van der Waals surface area contributed by atoms with Crippen LogP contribution in [-0.2, 0) is 5.41 Å². The summed E-state index contributed by atoms with van der Waals surface area (Å²) >= 11 is 1.74. The summed E-state index contributed by atoms with van der Waals surface area (Å²) < 4.78 is 6.53. The molecule has 0 radical (unpaired) electrons. The molecule has 6 heteroatoms. The van der Waals surface area contributed by atoms with Crippen LogP contribution in [0.4, 0.5) is 11.4 Å². The van der Waals surface area contributed by atoms with Gasteiger partial charge in [0.2, 0.25) is 0 Å². The Kier molecular flexibility index (Phi) is 9.92. The highest BCUT2D eigenvalue weighted by atomic mass is 32.1. The van der Waals surface area contributed by atoms with Crippen molar-refractivity contribution >= 4 is 49.7 Å². The van der Waals surface area contributed by atoms with Crippen LogP contribution >= 0.6 is 11.3 Å². The SMILES string of the molecule is CC1=Nc2ccccc2C1(C)C.Cc1ccc(N(C)C)cc1.Cc1nc2ccccc2o1.Cc1nc2ccccc2s1. The third-order valence-electron chi connectivity index (χ3n) is 7.12. The average molecular weight is 577 g/mol. The molecule has 7 rings (SSSR count). The fourth-order valence-corrected chi connectivity index (χ4v) is 5.26. The van der Waals surface area contributed by atoms with Gasteiger partial charge in [-0.3, -0.25) is 4.99 Å². The first-order valence-corrected chi connectivity index (χ1v) is 14.9. The second-order valence-electron chi connectivity index (χ2n) is 11.0. The summed E-state index contributed by atoms with van der Waals surface area (Å²) in [7, 11) is 4.09. The van der Waals surface area contributed by atoms with Gasteiger partial charge in [0.05, 0.1) is 20.9 Å². The Bertz CT molecular complexity index is 1640. The topological polar surface area (TPSA) is 54.5 Å². The molecule has 1 aliphatic rings. The van der Waals surface area contributed by atoms with Crippen molar-refractivity contribution in [2.24, 2.45) is 4.99 Å². The van der Waals surface area contributed by atoms with Crippen LogP contribution in [0.1, 0.15) is 42.8 Å². The number of aliphatic imine (C=N–C) groups is 1. The lowest BCUT2D eigenvalue weighted by Gasteiger charge is -2.19. The van der Waals surface area contributed by atoms with Crippen molar-refractivity contribution in [2.45, 2.75) is 47.0 Å². The van der Waals surface area contributed by atoms with Crippen molar-refractivity contribution in [3.8, 4) is 0 Å². The van der Waals surface area contributed by atoms with E-state index in [9.17, 15) is 0 Å². The lowest BCUT2D eigenvalue weighted by atomic mass is 9.82. The highest BCUT2D eigenvalue weighted by Gasteiger charge is 2.31. The van der Waals surface area contributed by atoms with E-state index in [0.717, 1.165) is 33.2 Å². The molecule has 2 aromatic heterocycles. The summed E-state index contributed by atoms with van der Waals surface area (Å²) in [6, 6.07) is 32.8. The molecule has 0 aliphatic carbocycles. The normalized spacial score (nSPS) is 12.6. The lowest BCUT2D eigenvalue weighted by molar-refractivity contribution is 0.561. The molecule has 0 amide bonds. The van der Waals surface area contributed by atoms with Gasteiger partial charge in [0, 0.05) is 37.8 Å². The van der Waals surface area contributed by atoms with Gasteiger partial charge in [0.1, 0.15) is 5.52 Å². The van der Waals surface area contributed by atoms with E-state index in [0.29, 0.717) is 0 Å². The van der Waals surface area contributed by atoms with E-state index in [1.807, 2.05) is 76.5 Å². The molecule has 0 saturated heterocycles. The van der Waals surface area contributed by atoms with Gasteiger partial charge < -0.3 is 9.32 Å². The Balaban J connectivity index is 0.000000129. The molecule has 0 saturated carbocycles. The number of hydrogen-bond donors (Lipinski definition) is 0. The molecule has 5 nitrogen and oxygen atoms in total. The molecule has 216 valence electrons. The molecule has 42 heavy (non-hydrogen) atoms. The molecular weight excluding hydrogens is 536 g/mol. The highest BCUT2D eigenvalue weighted by Crippen LogP contribution is 2.39. The van der Waals surface area contributed by atoms with Crippen LogP contribution in [0.25, 0.3) is 21.3 Å². The standard InChI is InChI=1S/C11H13N.C9H13N.C8H7NO.C8H7NS/c1-8-11(2,3)9-6-4-5-7-10(9)12-8;1-8-4-6-9(7-5-8)10(2)3;2*1-6-9-7-4-2-3-5-8(7)10-6/h4-7H,1-3H3;4-7H,1-3H3;2*2-5H,1H3. The Morgan fingerprint density at radius 1 is 0.690 bits per heavy atom. The van der Waals surface area contributed by atoms with Crippen molar-refractivity contribution in [2.75, 3.05) is 19.0 Å². The summed E-state index contributed by atoms with van der Waals surface area (Å²) in [5.41, 5.74) is 9.31. The third kappa shape index (κ3) is 7.71. The second kappa shape index (κ2) is 13.6. The van der Waals surface area contributed by atoms with E-state index >= 15 is 0 Å². The van der Waals surface area contributed by atoms with Gasteiger partial charge in [0.25, 0.3) is 0 Å². The number of anilines is 1. The van der Waals surface area contributed by atoms with Crippen LogP contribution < -0.4 is 4.90 Å². The maximum Gasteiger partial charge on any atom is 0.192 e. The quantitative estimate of drug-likeness (QED) is 0.195. The van der Waals surface area contributed by atoms with E-state index < -0.39 is 0 Å². The van der Waals surface area contributed by atoms with Crippen LogP contribution in [0.3, 0.4) is 0 Å². The fourth-order valence-electron chi connectivity index (χ4n) is 4.43. The Morgan fingerprint density at radius 3 is 1.95 bits per heavy atom. The van der Waals surface area contributed by atoms with Crippen molar-refractivity contribution in [1.29, 1.82) is 0 Å². The molecule has 0 spiro atoms. The molecular formula is C36H40N4OS. The number of rotatable bonds is 1. The minimum Gasteiger partial charge on any atom is -0.441 e. The van der Waals surface area contributed by atoms with Gasteiger partial charge in [-0.25, -0.2) is 9.97 Å². The van der Waals surface area contributed by atoms with Crippen LogP contribution in [-0.4, -0.2) is 29.8 Å². The number of aryl methyl sites for hydroxylation is 3. The summed E-state index contributed by atoms with van der Waals surface area (Å²) in [5, 5.41) is 1.14. The Hall–Kier alpha value is -4.29.